The van der Waals surface area contributed by atoms with Crippen molar-refractivity contribution in [2.75, 3.05) is 5.73 Å². The van der Waals surface area contributed by atoms with Crippen molar-refractivity contribution < 1.29 is 9.53 Å². The van der Waals surface area contributed by atoms with E-state index in [-0.39, 0.29) is 0 Å². The average Bonchev–Trinajstić information content (AvgIpc) is 2.70. The normalized spacial score (nSPS) is 10.3. The van der Waals surface area contributed by atoms with Crippen LogP contribution in [-0.4, -0.2) is 15.7 Å². The van der Waals surface area contributed by atoms with Gasteiger partial charge in [-0.3, -0.25) is 0 Å². The smallest absolute Gasteiger partial charge is 0.348 e. The summed E-state index contributed by atoms with van der Waals surface area (Å²) in [5.74, 6) is 0.344. The highest BCUT2D eigenvalue weighted by molar-refractivity contribution is 5.95. The zero-order chi connectivity index (χ0) is 13.1. The first kappa shape index (κ1) is 12.2. The highest BCUT2D eigenvalue weighted by Gasteiger charge is 2.16. The second-order valence-electron chi connectivity index (χ2n) is 3.97. The van der Waals surface area contributed by atoms with Gasteiger partial charge in [-0.25, -0.2) is 9.48 Å². The molecule has 0 aliphatic heterocycles. The predicted octanol–water partition coefficient (Wildman–Crippen LogP) is 2.01. The second-order valence-corrected chi connectivity index (χ2v) is 3.97. The van der Waals surface area contributed by atoms with Gasteiger partial charge >= 0.3 is 5.97 Å². The monoisotopic (exact) mass is 245 g/mol. The number of benzene rings is 1. The number of nitrogens with zero attached hydrogens (tertiary/aromatic N) is 2. The van der Waals surface area contributed by atoms with E-state index in [0.717, 1.165) is 5.56 Å². The number of anilines is 1. The van der Waals surface area contributed by atoms with Crippen molar-refractivity contribution in [2.24, 2.45) is 0 Å². The van der Waals surface area contributed by atoms with E-state index < -0.39 is 5.97 Å². The maximum Gasteiger partial charge on any atom is 0.348 e. The Morgan fingerprint density at radius 2 is 2.28 bits per heavy atom. The van der Waals surface area contributed by atoms with Crippen LogP contribution in [0.4, 0.5) is 5.82 Å². The fourth-order valence-electron chi connectivity index (χ4n) is 1.64. The van der Waals surface area contributed by atoms with Gasteiger partial charge < -0.3 is 10.5 Å². The molecule has 1 heterocycles. The van der Waals surface area contributed by atoms with E-state index in [2.05, 4.69) is 5.10 Å². The molecule has 0 bridgehead atoms. The minimum absolute atomic E-state index is 0.290. The molecule has 5 heteroatoms. The van der Waals surface area contributed by atoms with E-state index >= 15 is 0 Å². The van der Waals surface area contributed by atoms with Crippen LogP contribution in [0.2, 0.25) is 0 Å². The zero-order valence-corrected chi connectivity index (χ0v) is 10.4. The van der Waals surface area contributed by atoms with Gasteiger partial charge in [0.15, 0.2) is 0 Å². The Labute approximate surface area is 105 Å². The van der Waals surface area contributed by atoms with Crippen LogP contribution < -0.4 is 10.5 Å². The number of hydrogen-bond acceptors (Lipinski definition) is 4. The number of ether oxygens (including phenoxy) is 1. The van der Waals surface area contributed by atoms with E-state index in [0.29, 0.717) is 23.7 Å². The molecule has 2 aromatic rings. The molecule has 1 aromatic heterocycles. The lowest BCUT2D eigenvalue weighted by Crippen LogP contribution is -2.11. The van der Waals surface area contributed by atoms with E-state index in [9.17, 15) is 4.79 Å². The molecule has 0 aliphatic rings. The molecule has 0 amide bonds. The number of rotatable bonds is 3. The van der Waals surface area contributed by atoms with E-state index in [1.807, 2.05) is 26.0 Å². The van der Waals surface area contributed by atoms with Gasteiger partial charge in [0, 0.05) is 6.54 Å². The van der Waals surface area contributed by atoms with Crippen molar-refractivity contribution in [3.63, 3.8) is 0 Å². The molecule has 1 aromatic carbocycles. The summed E-state index contributed by atoms with van der Waals surface area (Å²) in [5.41, 5.74) is 7.11. The first-order valence-electron chi connectivity index (χ1n) is 5.72. The summed E-state index contributed by atoms with van der Waals surface area (Å²) in [7, 11) is 0. The quantitative estimate of drug-likeness (QED) is 0.663. The third-order valence-corrected chi connectivity index (χ3v) is 2.60. The van der Waals surface area contributed by atoms with Crippen LogP contribution in [0.3, 0.4) is 0 Å². The SMILES string of the molecule is CCn1ncc(C(=O)Oc2cccc(C)c2)c1N. The molecule has 0 saturated heterocycles. The van der Waals surface area contributed by atoms with Crippen LogP contribution in [0.5, 0.6) is 5.75 Å². The third kappa shape index (κ3) is 2.34. The molecule has 0 saturated carbocycles. The molecule has 94 valence electrons. The number of hydrogen-bond donors (Lipinski definition) is 1. The molecule has 0 fully saturated rings. The van der Waals surface area contributed by atoms with E-state index in [1.165, 1.54) is 6.20 Å². The van der Waals surface area contributed by atoms with Gasteiger partial charge in [0.25, 0.3) is 0 Å². The van der Waals surface area contributed by atoms with Crippen molar-refractivity contribution in [1.82, 2.24) is 9.78 Å². The minimum atomic E-state index is -0.488. The van der Waals surface area contributed by atoms with E-state index in [4.69, 9.17) is 10.5 Å². The molecular weight excluding hydrogens is 230 g/mol. The Balaban J connectivity index is 2.19. The molecule has 0 radical (unpaired) electrons. The largest absolute Gasteiger partial charge is 0.423 e. The molecule has 2 N–H and O–H groups in total. The summed E-state index contributed by atoms with van der Waals surface area (Å²) in [6, 6.07) is 7.28. The summed E-state index contributed by atoms with van der Waals surface area (Å²) < 4.78 is 6.80. The van der Waals surface area contributed by atoms with Gasteiger partial charge in [-0.15, -0.1) is 0 Å². The summed E-state index contributed by atoms with van der Waals surface area (Å²) in [6.07, 6.45) is 1.43. The first-order valence-corrected chi connectivity index (χ1v) is 5.72. The Kier molecular flexibility index (Phi) is 3.32. The summed E-state index contributed by atoms with van der Waals surface area (Å²) in [4.78, 5) is 11.9. The fourth-order valence-corrected chi connectivity index (χ4v) is 1.64. The second kappa shape index (κ2) is 4.91. The van der Waals surface area contributed by atoms with Crippen molar-refractivity contribution in [1.29, 1.82) is 0 Å². The predicted molar refractivity (Wildman–Crippen MR) is 68.5 cm³/mol. The van der Waals surface area contributed by atoms with Crippen LogP contribution in [0, 0.1) is 6.92 Å². The third-order valence-electron chi connectivity index (χ3n) is 2.60. The molecule has 0 atom stereocenters. The van der Waals surface area contributed by atoms with Crippen LogP contribution in [0.1, 0.15) is 22.8 Å². The Hall–Kier alpha value is -2.30. The van der Waals surface area contributed by atoms with Crippen molar-refractivity contribution in [3.8, 4) is 5.75 Å². The average molecular weight is 245 g/mol. The zero-order valence-electron chi connectivity index (χ0n) is 10.4. The van der Waals surface area contributed by atoms with Gasteiger partial charge in [0.05, 0.1) is 6.20 Å². The summed E-state index contributed by atoms with van der Waals surface area (Å²) in [6.45, 7) is 4.45. The highest BCUT2D eigenvalue weighted by atomic mass is 16.5. The number of carbonyl (C=O) groups excluding carboxylic acids is 1. The minimum Gasteiger partial charge on any atom is -0.423 e. The molecule has 0 unspecified atom stereocenters. The fraction of sp³-hybridized carbons (Fsp3) is 0.231. The van der Waals surface area contributed by atoms with Crippen molar-refractivity contribution in [3.05, 3.63) is 41.6 Å². The van der Waals surface area contributed by atoms with Crippen LogP contribution >= 0.6 is 0 Å². The maximum absolute atomic E-state index is 11.9. The summed E-state index contributed by atoms with van der Waals surface area (Å²) >= 11 is 0. The van der Waals surface area contributed by atoms with Crippen molar-refractivity contribution >= 4 is 11.8 Å². The van der Waals surface area contributed by atoms with Gasteiger partial charge in [-0.1, -0.05) is 12.1 Å². The first-order chi connectivity index (χ1) is 8.61. The molecule has 2 rings (SSSR count). The van der Waals surface area contributed by atoms with E-state index in [1.54, 1.807) is 16.8 Å². The standard InChI is InChI=1S/C13H15N3O2/c1-3-16-12(14)11(8-15-16)13(17)18-10-6-4-5-9(2)7-10/h4-8H,3,14H2,1-2H3. The molecule has 18 heavy (non-hydrogen) atoms. The Morgan fingerprint density at radius 1 is 1.50 bits per heavy atom. The molecule has 0 aliphatic carbocycles. The van der Waals surface area contributed by atoms with Crippen LogP contribution in [0.15, 0.2) is 30.5 Å². The van der Waals surface area contributed by atoms with Gasteiger partial charge in [0.1, 0.15) is 17.1 Å². The maximum atomic E-state index is 11.9. The molecule has 0 spiro atoms. The van der Waals surface area contributed by atoms with Crippen LogP contribution in [-0.2, 0) is 6.54 Å². The van der Waals surface area contributed by atoms with Gasteiger partial charge in [0.2, 0.25) is 0 Å². The lowest BCUT2D eigenvalue weighted by molar-refractivity contribution is 0.0736. The number of aryl methyl sites for hydroxylation is 2. The molecular formula is C13H15N3O2. The van der Waals surface area contributed by atoms with Crippen molar-refractivity contribution in [2.45, 2.75) is 20.4 Å². The van der Waals surface area contributed by atoms with Crippen LogP contribution in [0.25, 0.3) is 0 Å². The number of nitrogens with two attached hydrogens (primary N) is 1. The number of carbonyl (C=O) groups is 1. The number of aromatic nitrogens is 2. The lowest BCUT2D eigenvalue weighted by atomic mass is 10.2. The summed E-state index contributed by atoms with van der Waals surface area (Å²) in [5, 5.41) is 4.01. The Morgan fingerprint density at radius 3 is 2.89 bits per heavy atom. The highest BCUT2D eigenvalue weighted by Crippen LogP contribution is 2.17. The lowest BCUT2D eigenvalue weighted by Gasteiger charge is -2.04. The Bertz CT molecular complexity index is 575. The number of nitrogen functional groups attached to an aromatic ring is 1. The van der Waals surface area contributed by atoms with Gasteiger partial charge in [-0.05, 0) is 31.5 Å². The molecule has 5 nitrogen and oxygen atoms in total. The van der Waals surface area contributed by atoms with Gasteiger partial charge in [-0.2, -0.15) is 5.10 Å². The number of esters is 1. The topological polar surface area (TPSA) is 70.1 Å².